The molecule has 0 unspecified atom stereocenters. The van der Waals surface area contributed by atoms with Crippen molar-refractivity contribution >= 4 is 34.1 Å². The van der Waals surface area contributed by atoms with Crippen molar-refractivity contribution in [1.29, 1.82) is 0 Å². The highest BCUT2D eigenvalue weighted by molar-refractivity contribution is 7.14. The van der Waals surface area contributed by atoms with Gasteiger partial charge in [0.25, 0.3) is 0 Å². The second kappa shape index (κ2) is 11.5. The molecule has 2 amide bonds. The van der Waals surface area contributed by atoms with Crippen molar-refractivity contribution in [1.82, 2.24) is 9.97 Å². The van der Waals surface area contributed by atoms with Crippen molar-refractivity contribution < 1.29 is 23.1 Å². The standard InChI is InChI=1S/C30H28F2N4O3S/c1-4-19(12-18-8-6-5-7-9-18)29(38)36(3)30-34-26(27(32)40-30)24-15-22(39-17-31)10-11-23(24)21-13-20-14-25(37)35(2)28(20)33-16-21/h5-11,13,15-16,19H,4,12,14,17H2,1-3H3/t19-/m1/s1. The summed E-state index contributed by atoms with van der Waals surface area (Å²) in [5.74, 6) is 0.275. The first kappa shape index (κ1) is 27.4. The first-order valence-corrected chi connectivity index (χ1v) is 13.7. The number of anilines is 2. The van der Waals surface area contributed by atoms with Gasteiger partial charge >= 0.3 is 0 Å². The lowest BCUT2D eigenvalue weighted by Crippen LogP contribution is -2.33. The van der Waals surface area contributed by atoms with E-state index < -0.39 is 12.0 Å². The number of thiazole rings is 1. The quantitative estimate of drug-likeness (QED) is 0.248. The van der Waals surface area contributed by atoms with Crippen molar-refractivity contribution in [3.63, 3.8) is 0 Å². The number of amides is 2. The molecule has 0 aliphatic carbocycles. The van der Waals surface area contributed by atoms with Crippen molar-refractivity contribution in [2.24, 2.45) is 5.92 Å². The van der Waals surface area contributed by atoms with E-state index in [0.717, 1.165) is 22.5 Å². The Morgan fingerprint density at radius 3 is 2.67 bits per heavy atom. The Kier molecular flexibility index (Phi) is 7.88. The topological polar surface area (TPSA) is 75.6 Å². The maximum Gasteiger partial charge on any atom is 0.232 e. The predicted molar refractivity (Wildman–Crippen MR) is 152 cm³/mol. The van der Waals surface area contributed by atoms with Gasteiger partial charge in [0.1, 0.15) is 17.3 Å². The molecule has 206 valence electrons. The van der Waals surface area contributed by atoms with Gasteiger partial charge in [-0.15, -0.1) is 0 Å². The summed E-state index contributed by atoms with van der Waals surface area (Å²) in [6.07, 6.45) is 3.01. The number of carbonyl (C=O) groups is 2. The number of alkyl halides is 1. The van der Waals surface area contributed by atoms with Crippen LogP contribution in [0.25, 0.3) is 22.4 Å². The molecule has 7 nitrogen and oxygen atoms in total. The number of nitrogens with zero attached hydrogens (tertiary/aromatic N) is 4. The molecule has 0 saturated carbocycles. The summed E-state index contributed by atoms with van der Waals surface area (Å²) >= 11 is 0.769. The Morgan fingerprint density at radius 2 is 1.95 bits per heavy atom. The third-order valence-electron chi connectivity index (χ3n) is 7.11. The molecule has 3 heterocycles. The number of carbonyl (C=O) groups excluding carboxylic acids is 2. The summed E-state index contributed by atoms with van der Waals surface area (Å²) in [5, 5.41) is -0.375. The maximum absolute atomic E-state index is 15.5. The molecule has 10 heteroatoms. The number of ether oxygens (including phenoxy) is 1. The Labute approximate surface area is 235 Å². The molecule has 2 aromatic heterocycles. The summed E-state index contributed by atoms with van der Waals surface area (Å²) in [6.45, 7) is 0.904. The van der Waals surface area contributed by atoms with Gasteiger partial charge in [-0.3, -0.25) is 19.4 Å². The number of halogens is 2. The number of benzene rings is 2. The van der Waals surface area contributed by atoms with Crippen LogP contribution in [0.2, 0.25) is 0 Å². The molecule has 4 aromatic rings. The number of hydrogen-bond acceptors (Lipinski definition) is 6. The molecule has 2 aromatic carbocycles. The second-order valence-electron chi connectivity index (χ2n) is 9.61. The molecule has 0 spiro atoms. The minimum absolute atomic E-state index is 0.0174. The monoisotopic (exact) mass is 562 g/mol. The fourth-order valence-electron chi connectivity index (χ4n) is 4.88. The van der Waals surface area contributed by atoms with Crippen LogP contribution in [0.5, 0.6) is 5.75 Å². The van der Waals surface area contributed by atoms with Crippen molar-refractivity contribution in [3.05, 3.63) is 77.1 Å². The highest BCUT2D eigenvalue weighted by Crippen LogP contribution is 2.40. The van der Waals surface area contributed by atoms with Crippen LogP contribution < -0.4 is 14.5 Å². The Bertz CT molecular complexity index is 1560. The molecule has 0 bridgehead atoms. The lowest BCUT2D eigenvalue weighted by Gasteiger charge is -2.21. The summed E-state index contributed by atoms with van der Waals surface area (Å²) in [6, 6.07) is 16.4. The zero-order valence-corrected chi connectivity index (χ0v) is 23.2. The Hall–Kier alpha value is -4.18. The van der Waals surface area contributed by atoms with Crippen LogP contribution in [-0.2, 0) is 22.4 Å². The van der Waals surface area contributed by atoms with E-state index in [1.807, 2.05) is 43.3 Å². The minimum atomic E-state index is -1.05. The van der Waals surface area contributed by atoms with Crippen LogP contribution in [0.15, 0.2) is 60.8 Å². The molecule has 40 heavy (non-hydrogen) atoms. The first-order valence-electron chi connectivity index (χ1n) is 12.9. The van der Waals surface area contributed by atoms with Crippen LogP contribution in [0.1, 0.15) is 24.5 Å². The van der Waals surface area contributed by atoms with E-state index in [9.17, 15) is 14.0 Å². The summed E-state index contributed by atoms with van der Waals surface area (Å²) in [4.78, 5) is 37.4. The number of aromatic nitrogens is 2. The van der Waals surface area contributed by atoms with Gasteiger partial charge in [-0.2, -0.15) is 4.39 Å². The lowest BCUT2D eigenvalue weighted by molar-refractivity contribution is -0.122. The number of fused-ring (bicyclic) bond motifs is 1. The van der Waals surface area contributed by atoms with Crippen LogP contribution in [-0.4, -0.2) is 42.7 Å². The largest absolute Gasteiger partial charge is 0.463 e. The SMILES string of the molecule is CC[C@H](Cc1ccccc1)C(=O)N(C)c1nc(-c2cc(OCF)ccc2-c2cnc3c(c2)CC(=O)N3C)c(F)s1. The van der Waals surface area contributed by atoms with Crippen molar-refractivity contribution in [3.8, 4) is 28.1 Å². The van der Waals surface area contributed by atoms with Crippen molar-refractivity contribution in [2.45, 2.75) is 26.2 Å². The zero-order valence-electron chi connectivity index (χ0n) is 22.4. The van der Waals surface area contributed by atoms with E-state index in [1.165, 1.54) is 15.9 Å². The third-order valence-corrected chi connectivity index (χ3v) is 8.03. The predicted octanol–water partition coefficient (Wildman–Crippen LogP) is 6.07. The van der Waals surface area contributed by atoms with Gasteiger partial charge in [0.15, 0.2) is 5.13 Å². The minimum Gasteiger partial charge on any atom is -0.463 e. The average molecular weight is 563 g/mol. The molecular weight excluding hydrogens is 534 g/mol. The van der Waals surface area contributed by atoms with Crippen LogP contribution >= 0.6 is 11.3 Å². The normalized spacial score (nSPS) is 13.3. The number of rotatable bonds is 9. The number of pyridine rings is 1. The van der Waals surface area contributed by atoms with Gasteiger partial charge in [-0.25, -0.2) is 14.4 Å². The smallest absolute Gasteiger partial charge is 0.232 e. The molecule has 1 atom stereocenters. The van der Waals surface area contributed by atoms with E-state index in [0.29, 0.717) is 35.3 Å². The molecular formula is C30H28F2N4O3S. The zero-order chi connectivity index (χ0) is 28.4. The van der Waals surface area contributed by atoms with Gasteiger partial charge in [-0.1, -0.05) is 48.6 Å². The fourth-order valence-corrected chi connectivity index (χ4v) is 5.66. The summed E-state index contributed by atoms with van der Waals surface area (Å²) in [7, 11) is 3.27. The molecule has 1 aliphatic rings. The van der Waals surface area contributed by atoms with E-state index in [4.69, 9.17) is 4.74 Å². The van der Waals surface area contributed by atoms with E-state index in [1.54, 1.807) is 32.4 Å². The summed E-state index contributed by atoms with van der Waals surface area (Å²) < 4.78 is 33.6. The molecule has 0 saturated heterocycles. The molecule has 5 rings (SSSR count). The molecule has 1 aliphatic heterocycles. The van der Waals surface area contributed by atoms with Crippen LogP contribution in [0, 0.1) is 11.0 Å². The molecule has 0 radical (unpaired) electrons. The van der Waals surface area contributed by atoms with E-state index in [-0.39, 0.29) is 40.7 Å². The second-order valence-corrected chi connectivity index (χ2v) is 10.5. The lowest BCUT2D eigenvalue weighted by atomic mass is 9.96. The highest BCUT2D eigenvalue weighted by atomic mass is 32.1. The van der Waals surface area contributed by atoms with E-state index in [2.05, 4.69) is 9.97 Å². The first-order chi connectivity index (χ1) is 19.3. The molecule has 0 N–H and O–H groups in total. The maximum atomic E-state index is 15.5. The molecule has 0 fully saturated rings. The number of likely N-dealkylation sites (N-methyl/N-ethyl adjacent to an activating group) is 1. The fraction of sp³-hybridized carbons (Fsp3) is 0.267. The summed E-state index contributed by atoms with van der Waals surface area (Å²) in [5.41, 5.74) is 3.42. The van der Waals surface area contributed by atoms with Crippen LogP contribution in [0.3, 0.4) is 0 Å². The van der Waals surface area contributed by atoms with Crippen molar-refractivity contribution in [2.75, 3.05) is 30.8 Å². The average Bonchev–Trinajstić information content (AvgIpc) is 3.49. The van der Waals surface area contributed by atoms with Gasteiger partial charge in [0, 0.05) is 42.9 Å². The van der Waals surface area contributed by atoms with Gasteiger partial charge in [-0.05, 0) is 48.2 Å². The Morgan fingerprint density at radius 1 is 1.18 bits per heavy atom. The number of hydrogen-bond donors (Lipinski definition) is 0. The third kappa shape index (κ3) is 5.31. The van der Waals surface area contributed by atoms with Gasteiger partial charge < -0.3 is 4.74 Å². The van der Waals surface area contributed by atoms with Crippen LogP contribution in [0.4, 0.5) is 19.7 Å². The highest BCUT2D eigenvalue weighted by Gasteiger charge is 2.28. The van der Waals surface area contributed by atoms with Gasteiger partial charge in [0.2, 0.25) is 23.8 Å². The Balaban J connectivity index is 1.50. The van der Waals surface area contributed by atoms with Gasteiger partial charge in [0.05, 0.1) is 6.42 Å². The van der Waals surface area contributed by atoms with E-state index >= 15 is 4.39 Å².